The van der Waals surface area contributed by atoms with Gasteiger partial charge in [-0.15, -0.1) is 0 Å². The highest BCUT2D eigenvalue weighted by Crippen LogP contribution is 2.13. The summed E-state index contributed by atoms with van der Waals surface area (Å²) >= 11 is 0. The smallest absolute Gasteiger partial charge is 0.303 e. The molecule has 0 unspecified atom stereocenters. The molecule has 0 aromatic heterocycles. The van der Waals surface area contributed by atoms with Crippen molar-refractivity contribution in [2.75, 3.05) is 12.4 Å². The van der Waals surface area contributed by atoms with E-state index in [1.54, 1.807) is 12.1 Å². The zero-order valence-electron chi connectivity index (χ0n) is 9.17. The summed E-state index contributed by atoms with van der Waals surface area (Å²) in [6.07, 6.45) is 0.387. The number of rotatable bonds is 6. The lowest BCUT2D eigenvalue weighted by atomic mass is 10.1. The number of aliphatic carboxylic acids is 1. The molecule has 0 aliphatic heterocycles. The van der Waals surface area contributed by atoms with Gasteiger partial charge in [0, 0.05) is 6.42 Å². The van der Waals surface area contributed by atoms with Crippen LogP contribution >= 0.6 is 0 Å². The van der Waals surface area contributed by atoms with E-state index < -0.39 is 22.4 Å². The molecule has 1 rings (SSSR count). The molecular formula is C11H14O5S. The number of carbonyl (C=O) groups is 1. The minimum Gasteiger partial charge on any atom is -0.481 e. The summed E-state index contributed by atoms with van der Waals surface area (Å²) in [6, 6.07) is 6.05. The Morgan fingerprint density at radius 3 is 2.24 bits per heavy atom. The number of hydrogen-bond acceptors (Lipinski definition) is 4. The maximum atomic E-state index is 11.6. The van der Waals surface area contributed by atoms with Crippen molar-refractivity contribution in [2.24, 2.45) is 0 Å². The molecule has 0 aliphatic carbocycles. The molecule has 1 aromatic rings. The second kappa shape index (κ2) is 5.79. The van der Waals surface area contributed by atoms with Crippen LogP contribution in [-0.2, 0) is 21.1 Å². The minimum absolute atomic E-state index is 0.0166. The normalized spacial score (nSPS) is 11.4. The molecule has 0 radical (unpaired) electrons. The Balaban J connectivity index is 2.78. The van der Waals surface area contributed by atoms with Crippen LogP contribution in [0, 0.1) is 0 Å². The van der Waals surface area contributed by atoms with Gasteiger partial charge in [0.1, 0.15) is 0 Å². The molecule has 0 saturated heterocycles. The van der Waals surface area contributed by atoms with E-state index in [0.717, 1.165) is 5.56 Å². The van der Waals surface area contributed by atoms with Crippen LogP contribution in [0.5, 0.6) is 0 Å². The van der Waals surface area contributed by atoms with E-state index in [1.165, 1.54) is 12.1 Å². The van der Waals surface area contributed by atoms with Gasteiger partial charge in [-0.2, -0.15) is 0 Å². The van der Waals surface area contributed by atoms with Crippen molar-refractivity contribution < 1.29 is 23.4 Å². The number of sulfone groups is 1. The summed E-state index contributed by atoms with van der Waals surface area (Å²) in [7, 11) is -3.42. The van der Waals surface area contributed by atoms with Gasteiger partial charge < -0.3 is 10.2 Å². The van der Waals surface area contributed by atoms with Gasteiger partial charge in [-0.05, 0) is 24.1 Å². The third-order valence-corrected chi connectivity index (χ3v) is 3.98. The first-order chi connectivity index (χ1) is 7.95. The zero-order valence-corrected chi connectivity index (χ0v) is 9.98. The molecular weight excluding hydrogens is 244 g/mol. The van der Waals surface area contributed by atoms with Crippen molar-refractivity contribution >= 4 is 15.8 Å². The molecule has 0 amide bonds. The number of hydrogen-bond donors (Lipinski definition) is 2. The first-order valence-electron chi connectivity index (χ1n) is 5.10. The summed E-state index contributed by atoms with van der Waals surface area (Å²) < 4.78 is 23.1. The van der Waals surface area contributed by atoms with Crippen molar-refractivity contribution in [3.8, 4) is 0 Å². The lowest BCUT2D eigenvalue weighted by molar-refractivity contribution is -0.136. The zero-order chi connectivity index (χ0) is 12.9. The van der Waals surface area contributed by atoms with Crippen molar-refractivity contribution in [1.29, 1.82) is 0 Å². The van der Waals surface area contributed by atoms with Gasteiger partial charge in [0.05, 0.1) is 17.3 Å². The Bertz CT molecular complexity index is 475. The predicted molar refractivity (Wildman–Crippen MR) is 61.5 cm³/mol. The summed E-state index contributed by atoms with van der Waals surface area (Å²) in [5.74, 6) is -1.19. The minimum atomic E-state index is -3.42. The van der Waals surface area contributed by atoms with E-state index >= 15 is 0 Å². The van der Waals surface area contributed by atoms with Crippen LogP contribution in [-0.4, -0.2) is 37.0 Å². The number of aliphatic hydroxyl groups excluding tert-OH is 1. The molecule has 2 N–H and O–H groups in total. The number of benzene rings is 1. The van der Waals surface area contributed by atoms with Gasteiger partial charge >= 0.3 is 5.97 Å². The van der Waals surface area contributed by atoms with Crippen molar-refractivity contribution in [1.82, 2.24) is 0 Å². The summed E-state index contributed by atoms with van der Waals surface area (Å²) in [5.41, 5.74) is 0.773. The first kappa shape index (κ1) is 13.7. The van der Waals surface area contributed by atoms with E-state index in [9.17, 15) is 13.2 Å². The Kier molecular flexibility index (Phi) is 4.65. The molecule has 94 valence electrons. The van der Waals surface area contributed by atoms with Gasteiger partial charge in [-0.3, -0.25) is 4.79 Å². The molecule has 0 heterocycles. The van der Waals surface area contributed by atoms with E-state index in [4.69, 9.17) is 10.2 Å². The van der Waals surface area contributed by atoms with Crippen LogP contribution in [0.2, 0.25) is 0 Å². The van der Waals surface area contributed by atoms with Crippen molar-refractivity contribution in [2.45, 2.75) is 17.7 Å². The molecule has 1 aromatic carbocycles. The second-order valence-corrected chi connectivity index (χ2v) is 5.69. The van der Waals surface area contributed by atoms with Gasteiger partial charge in [-0.25, -0.2) is 8.42 Å². The fourth-order valence-corrected chi connectivity index (χ4v) is 2.38. The molecule has 0 aliphatic rings. The molecule has 0 saturated carbocycles. The highest BCUT2D eigenvalue weighted by molar-refractivity contribution is 7.91. The largest absolute Gasteiger partial charge is 0.481 e. The van der Waals surface area contributed by atoms with Crippen LogP contribution in [0.1, 0.15) is 12.0 Å². The average molecular weight is 258 g/mol. The predicted octanol–water partition coefficient (Wildman–Crippen LogP) is 0.470. The SMILES string of the molecule is O=C(O)CCc1ccc(S(=O)(=O)CCO)cc1. The molecule has 0 atom stereocenters. The van der Waals surface area contributed by atoms with E-state index in [0.29, 0.717) is 6.42 Å². The fourth-order valence-electron chi connectivity index (χ4n) is 1.35. The highest BCUT2D eigenvalue weighted by atomic mass is 32.2. The molecule has 0 bridgehead atoms. The van der Waals surface area contributed by atoms with Crippen molar-refractivity contribution in [3.63, 3.8) is 0 Å². The standard InChI is InChI=1S/C11H14O5S/c12-7-8-17(15,16)10-4-1-9(2-5-10)3-6-11(13)14/h1-2,4-5,12H,3,6-8H2,(H,13,14). The lowest BCUT2D eigenvalue weighted by Crippen LogP contribution is -2.10. The fraction of sp³-hybridized carbons (Fsp3) is 0.364. The number of aryl methyl sites for hydroxylation is 1. The molecule has 5 nitrogen and oxygen atoms in total. The third kappa shape index (κ3) is 4.16. The van der Waals surface area contributed by atoms with Gasteiger partial charge in [0.25, 0.3) is 0 Å². The van der Waals surface area contributed by atoms with Crippen LogP contribution in [0.4, 0.5) is 0 Å². The van der Waals surface area contributed by atoms with Gasteiger partial charge in [0.2, 0.25) is 0 Å². The van der Waals surface area contributed by atoms with Crippen LogP contribution < -0.4 is 0 Å². The maximum absolute atomic E-state index is 11.6. The lowest BCUT2D eigenvalue weighted by Gasteiger charge is -2.04. The van der Waals surface area contributed by atoms with Gasteiger partial charge in [0.15, 0.2) is 9.84 Å². The highest BCUT2D eigenvalue weighted by Gasteiger charge is 2.13. The Labute approximate surface area is 99.6 Å². The van der Waals surface area contributed by atoms with E-state index in [2.05, 4.69) is 0 Å². The third-order valence-electron chi connectivity index (χ3n) is 2.27. The van der Waals surface area contributed by atoms with E-state index in [1.807, 2.05) is 0 Å². The molecule has 6 heteroatoms. The van der Waals surface area contributed by atoms with Crippen molar-refractivity contribution in [3.05, 3.63) is 29.8 Å². The number of carboxylic acid groups (broad SMARTS) is 1. The summed E-state index contributed by atoms with van der Waals surface area (Å²) in [4.78, 5) is 10.5. The van der Waals surface area contributed by atoms with Crippen LogP contribution in [0.25, 0.3) is 0 Å². The first-order valence-corrected chi connectivity index (χ1v) is 6.75. The number of carboxylic acids is 1. The van der Waals surface area contributed by atoms with Crippen LogP contribution in [0.15, 0.2) is 29.2 Å². The summed E-state index contributed by atoms with van der Waals surface area (Å²) in [5, 5.41) is 17.1. The Hall–Kier alpha value is -1.40. The Morgan fingerprint density at radius 2 is 1.76 bits per heavy atom. The monoisotopic (exact) mass is 258 g/mol. The van der Waals surface area contributed by atoms with Crippen LogP contribution in [0.3, 0.4) is 0 Å². The van der Waals surface area contributed by atoms with E-state index in [-0.39, 0.29) is 17.1 Å². The molecule has 0 spiro atoms. The summed E-state index contributed by atoms with van der Waals surface area (Å²) in [6.45, 7) is -0.414. The molecule has 0 fully saturated rings. The molecule has 17 heavy (non-hydrogen) atoms. The maximum Gasteiger partial charge on any atom is 0.303 e. The Morgan fingerprint density at radius 1 is 1.18 bits per heavy atom. The average Bonchev–Trinajstić information content (AvgIpc) is 2.27. The topological polar surface area (TPSA) is 91.7 Å². The second-order valence-electron chi connectivity index (χ2n) is 3.58. The number of aliphatic hydroxyl groups is 1. The quantitative estimate of drug-likeness (QED) is 0.774. The van der Waals surface area contributed by atoms with Gasteiger partial charge in [-0.1, -0.05) is 12.1 Å².